The number of hydrogen-bond donors (Lipinski definition) is 1. The summed E-state index contributed by atoms with van der Waals surface area (Å²) in [6, 6.07) is 7.92. The van der Waals surface area contributed by atoms with Crippen molar-refractivity contribution >= 4 is 39.3 Å². The second-order valence-electron chi connectivity index (χ2n) is 4.70. The van der Waals surface area contributed by atoms with Crippen LogP contribution in [0.15, 0.2) is 33.6 Å². The molecule has 2 aromatic rings. The molecule has 6 heteroatoms. The molecule has 1 aromatic heterocycles. The van der Waals surface area contributed by atoms with Gasteiger partial charge in [0.25, 0.3) is 0 Å². The second kappa shape index (κ2) is 6.98. The minimum atomic E-state index is 0.0850. The molecule has 0 aliphatic rings. The largest absolute Gasteiger partial charge is 0.327 e. The zero-order valence-corrected chi connectivity index (χ0v) is 14.6. The fraction of sp³-hybridized carbons (Fsp3) is 0.357. The van der Waals surface area contributed by atoms with Crippen molar-refractivity contribution in [2.75, 3.05) is 5.75 Å². The van der Waals surface area contributed by atoms with Crippen LogP contribution in [0.2, 0.25) is 5.02 Å². The van der Waals surface area contributed by atoms with E-state index in [9.17, 15) is 0 Å². The first-order valence-corrected chi connectivity index (χ1v) is 8.45. The van der Waals surface area contributed by atoms with Gasteiger partial charge in [-0.2, -0.15) is 5.10 Å². The molecule has 0 saturated carbocycles. The van der Waals surface area contributed by atoms with Crippen LogP contribution in [0.3, 0.4) is 0 Å². The molecule has 2 rings (SSSR count). The van der Waals surface area contributed by atoms with Crippen LogP contribution in [0.4, 0.5) is 0 Å². The van der Waals surface area contributed by atoms with E-state index < -0.39 is 0 Å². The zero-order valence-electron chi connectivity index (χ0n) is 11.4. The molecule has 0 saturated heterocycles. The van der Waals surface area contributed by atoms with Crippen LogP contribution in [0.5, 0.6) is 0 Å². The van der Waals surface area contributed by atoms with Crippen molar-refractivity contribution < 1.29 is 0 Å². The summed E-state index contributed by atoms with van der Waals surface area (Å²) in [6.45, 7) is 1.99. The monoisotopic (exact) mass is 373 g/mol. The predicted octanol–water partition coefficient (Wildman–Crippen LogP) is 3.81. The molecule has 0 bridgehead atoms. The van der Waals surface area contributed by atoms with Crippen molar-refractivity contribution in [3.63, 3.8) is 0 Å². The number of halogens is 2. The highest BCUT2D eigenvalue weighted by Gasteiger charge is 2.14. The standard InChI is InChI=1S/C14H17BrClN3S/c1-9-14(15)13(19(2)18-9)7-11(17)8-20-12-5-3-10(16)4-6-12/h3-6,11H,7-8,17H2,1-2H3. The Hall–Kier alpha value is -0.490. The van der Waals surface area contributed by atoms with Crippen molar-refractivity contribution in [3.05, 3.63) is 45.1 Å². The molecule has 0 aliphatic heterocycles. The Morgan fingerprint density at radius 1 is 1.40 bits per heavy atom. The molecule has 20 heavy (non-hydrogen) atoms. The lowest BCUT2D eigenvalue weighted by Gasteiger charge is -2.12. The van der Waals surface area contributed by atoms with Crippen LogP contribution in [0.1, 0.15) is 11.4 Å². The van der Waals surface area contributed by atoms with Crippen molar-refractivity contribution in [2.45, 2.75) is 24.3 Å². The highest BCUT2D eigenvalue weighted by molar-refractivity contribution is 9.10. The Labute approximate surface area is 137 Å². The lowest BCUT2D eigenvalue weighted by atomic mass is 10.2. The first-order valence-electron chi connectivity index (χ1n) is 6.29. The first kappa shape index (κ1) is 15.9. The minimum absolute atomic E-state index is 0.0850. The molecule has 0 amide bonds. The van der Waals surface area contributed by atoms with Gasteiger partial charge in [0, 0.05) is 35.2 Å². The highest BCUT2D eigenvalue weighted by Crippen LogP contribution is 2.24. The third-order valence-corrected chi connectivity index (χ3v) is 5.48. The van der Waals surface area contributed by atoms with Crippen LogP contribution in [-0.4, -0.2) is 21.6 Å². The maximum absolute atomic E-state index is 6.22. The van der Waals surface area contributed by atoms with E-state index in [1.54, 1.807) is 11.8 Å². The van der Waals surface area contributed by atoms with Crippen LogP contribution in [-0.2, 0) is 13.5 Å². The van der Waals surface area contributed by atoms with E-state index in [1.165, 1.54) is 4.90 Å². The smallest absolute Gasteiger partial charge is 0.0738 e. The molecular formula is C14H17BrClN3S. The summed E-state index contributed by atoms with van der Waals surface area (Å²) in [4.78, 5) is 1.19. The van der Waals surface area contributed by atoms with Crippen molar-refractivity contribution in [2.24, 2.45) is 12.8 Å². The number of nitrogens with two attached hydrogens (primary N) is 1. The fourth-order valence-corrected chi connectivity index (χ4v) is 3.42. The summed E-state index contributed by atoms with van der Waals surface area (Å²) in [7, 11) is 1.95. The normalized spacial score (nSPS) is 12.7. The summed E-state index contributed by atoms with van der Waals surface area (Å²) in [5.74, 6) is 0.859. The van der Waals surface area contributed by atoms with E-state index >= 15 is 0 Å². The van der Waals surface area contributed by atoms with E-state index in [0.29, 0.717) is 0 Å². The molecular weight excluding hydrogens is 358 g/mol. The molecule has 2 N–H and O–H groups in total. The van der Waals surface area contributed by atoms with Crippen LogP contribution in [0.25, 0.3) is 0 Å². The van der Waals surface area contributed by atoms with Gasteiger partial charge in [0.05, 0.1) is 15.9 Å². The summed E-state index contributed by atoms with van der Waals surface area (Å²) < 4.78 is 2.96. The van der Waals surface area contributed by atoms with E-state index in [4.69, 9.17) is 17.3 Å². The molecule has 3 nitrogen and oxygen atoms in total. The third-order valence-electron chi connectivity index (χ3n) is 2.99. The number of aromatic nitrogens is 2. The highest BCUT2D eigenvalue weighted by atomic mass is 79.9. The number of aryl methyl sites for hydroxylation is 2. The topological polar surface area (TPSA) is 43.8 Å². The maximum atomic E-state index is 6.22. The number of thioether (sulfide) groups is 1. The van der Waals surface area contributed by atoms with E-state index in [1.807, 2.05) is 42.9 Å². The number of benzene rings is 1. The summed E-state index contributed by atoms with van der Waals surface area (Å²) in [6.07, 6.45) is 0.804. The molecule has 0 aliphatic carbocycles. The van der Waals surface area contributed by atoms with Gasteiger partial charge in [0.2, 0.25) is 0 Å². The fourth-order valence-electron chi connectivity index (χ4n) is 1.94. The second-order valence-corrected chi connectivity index (χ2v) is 7.02. The number of rotatable bonds is 5. The molecule has 1 aromatic carbocycles. The lowest BCUT2D eigenvalue weighted by Crippen LogP contribution is -2.26. The lowest BCUT2D eigenvalue weighted by molar-refractivity contribution is 0.651. The van der Waals surface area contributed by atoms with Gasteiger partial charge in [-0.05, 0) is 47.1 Å². The molecule has 0 fully saturated rings. The third kappa shape index (κ3) is 4.01. The van der Waals surface area contributed by atoms with Gasteiger partial charge in [-0.1, -0.05) is 11.6 Å². The Kier molecular flexibility index (Phi) is 5.55. The Bertz CT molecular complexity index is 583. The Morgan fingerprint density at radius 2 is 2.05 bits per heavy atom. The van der Waals surface area contributed by atoms with Gasteiger partial charge in [0.1, 0.15) is 0 Å². The average Bonchev–Trinajstić information content (AvgIpc) is 2.65. The molecule has 1 atom stereocenters. The number of nitrogens with zero attached hydrogens (tertiary/aromatic N) is 2. The van der Waals surface area contributed by atoms with Crippen molar-refractivity contribution in [1.82, 2.24) is 9.78 Å². The van der Waals surface area contributed by atoms with Gasteiger partial charge < -0.3 is 5.73 Å². The maximum Gasteiger partial charge on any atom is 0.0738 e. The van der Waals surface area contributed by atoms with E-state index in [-0.39, 0.29) is 6.04 Å². The Balaban J connectivity index is 1.92. The summed E-state index contributed by atoms with van der Waals surface area (Å²) in [5.41, 5.74) is 8.37. The molecule has 1 heterocycles. The molecule has 108 valence electrons. The average molecular weight is 375 g/mol. The Morgan fingerprint density at radius 3 is 2.60 bits per heavy atom. The van der Waals surface area contributed by atoms with Gasteiger partial charge in [-0.3, -0.25) is 4.68 Å². The summed E-state index contributed by atoms with van der Waals surface area (Å²) in [5, 5.41) is 5.14. The van der Waals surface area contributed by atoms with Crippen molar-refractivity contribution in [1.29, 1.82) is 0 Å². The zero-order chi connectivity index (χ0) is 14.7. The minimum Gasteiger partial charge on any atom is -0.327 e. The van der Waals surface area contributed by atoms with Crippen LogP contribution >= 0.6 is 39.3 Å². The van der Waals surface area contributed by atoms with Crippen LogP contribution < -0.4 is 5.73 Å². The number of hydrogen-bond acceptors (Lipinski definition) is 3. The molecule has 0 spiro atoms. The SMILES string of the molecule is Cc1nn(C)c(CC(N)CSc2ccc(Cl)cc2)c1Br. The van der Waals surface area contributed by atoms with E-state index in [2.05, 4.69) is 21.0 Å². The quantitative estimate of drug-likeness (QED) is 0.809. The first-order chi connectivity index (χ1) is 9.47. The van der Waals surface area contributed by atoms with Crippen molar-refractivity contribution in [3.8, 4) is 0 Å². The molecule has 1 unspecified atom stereocenters. The van der Waals surface area contributed by atoms with Gasteiger partial charge in [0.15, 0.2) is 0 Å². The van der Waals surface area contributed by atoms with Gasteiger partial charge >= 0.3 is 0 Å². The van der Waals surface area contributed by atoms with Gasteiger partial charge in [-0.25, -0.2) is 0 Å². The van der Waals surface area contributed by atoms with Crippen LogP contribution in [0, 0.1) is 6.92 Å². The predicted molar refractivity (Wildman–Crippen MR) is 89.5 cm³/mol. The molecule has 0 radical (unpaired) electrons. The summed E-state index contributed by atoms with van der Waals surface area (Å²) >= 11 is 11.2. The van der Waals surface area contributed by atoms with Gasteiger partial charge in [-0.15, -0.1) is 11.8 Å². The van der Waals surface area contributed by atoms with E-state index in [0.717, 1.165) is 33.1 Å².